The van der Waals surface area contributed by atoms with Crippen molar-refractivity contribution in [1.29, 1.82) is 0 Å². The van der Waals surface area contributed by atoms with E-state index in [0.29, 0.717) is 6.54 Å². The number of thiophene rings is 1. The van der Waals surface area contributed by atoms with Gasteiger partial charge in [0.1, 0.15) is 4.83 Å². The van der Waals surface area contributed by atoms with Crippen LogP contribution in [0.2, 0.25) is 0 Å². The summed E-state index contributed by atoms with van der Waals surface area (Å²) in [4.78, 5) is 17.1. The van der Waals surface area contributed by atoms with Gasteiger partial charge in [0.05, 0.1) is 17.1 Å². The van der Waals surface area contributed by atoms with Crippen molar-refractivity contribution >= 4 is 33.1 Å². The quantitative estimate of drug-likeness (QED) is 0.493. The van der Waals surface area contributed by atoms with E-state index in [4.69, 9.17) is 5.10 Å². The number of carbonyl (C=O) groups is 1. The molecule has 5 rings (SSSR count). The SMILES string of the molecule is Cc1nn(Cc2ccccc2)c2sc(C(=O)N3CCCc4ccccc43)cc12. The number of rotatable bonds is 3. The molecule has 0 aliphatic carbocycles. The number of fused-ring (bicyclic) bond motifs is 2. The standard InChI is InChI=1S/C23H21N3OS/c1-16-19-14-21(22(27)25-13-7-11-18-10-5-6-12-20(18)25)28-23(19)26(24-16)15-17-8-3-2-4-9-17/h2-6,8-10,12,14H,7,11,13,15H2,1H3. The van der Waals surface area contributed by atoms with E-state index >= 15 is 0 Å². The highest BCUT2D eigenvalue weighted by atomic mass is 32.1. The third kappa shape index (κ3) is 2.92. The minimum absolute atomic E-state index is 0.0963. The van der Waals surface area contributed by atoms with Crippen molar-refractivity contribution in [3.8, 4) is 0 Å². The van der Waals surface area contributed by atoms with Gasteiger partial charge in [-0.2, -0.15) is 5.10 Å². The van der Waals surface area contributed by atoms with E-state index in [1.807, 2.05) is 52.9 Å². The van der Waals surface area contributed by atoms with Gasteiger partial charge in [0, 0.05) is 17.6 Å². The molecule has 2 aromatic carbocycles. The Labute approximate surface area is 168 Å². The minimum Gasteiger partial charge on any atom is -0.307 e. The molecule has 1 aliphatic rings. The molecule has 0 saturated heterocycles. The second kappa shape index (κ2) is 6.91. The maximum atomic E-state index is 13.3. The number of aromatic nitrogens is 2. The van der Waals surface area contributed by atoms with Gasteiger partial charge in [0.2, 0.25) is 0 Å². The van der Waals surface area contributed by atoms with E-state index in [1.54, 1.807) is 11.3 Å². The monoisotopic (exact) mass is 387 g/mol. The Kier molecular flexibility index (Phi) is 4.24. The Balaban J connectivity index is 1.51. The van der Waals surface area contributed by atoms with Crippen LogP contribution in [0.25, 0.3) is 10.2 Å². The molecule has 5 heteroatoms. The molecule has 4 aromatic rings. The zero-order valence-electron chi connectivity index (χ0n) is 15.8. The average Bonchev–Trinajstić information content (AvgIpc) is 3.29. The highest BCUT2D eigenvalue weighted by Gasteiger charge is 2.25. The zero-order valence-corrected chi connectivity index (χ0v) is 16.6. The van der Waals surface area contributed by atoms with Crippen LogP contribution in [-0.4, -0.2) is 22.2 Å². The average molecular weight is 388 g/mol. The van der Waals surface area contributed by atoms with E-state index in [1.165, 1.54) is 11.1 Å². The summed E-state index contributed by atoms with van der Waals surface area (Å²) in [6.45, 7) is 3.51. The number of aryl methyl sites for hydroxylation is 2. The number of benzene rings is 2. The molecule has 3 heterocycles. The molecule has 0 fully saturated rings. The van der Waals surface area contributed by atoms with Gasteiger partial charge in [-0.25, -0.2) is 0 Å². The highest BCUT2D eigenvalue weighted by Crippen LogP contribution is 2.33. The first kappa shape index (κ1) is 17.2. The molecular weight excluding hydrogens is 366 g/mol. The van der Waals surface area contributed by atoms with E-state index in [2.05, 4.69) is 24.3 Å². The molecule has 0 N–H and O–H groups in total. The van der Waals surface area contributed by atoms with Crippen molar-refractivity contribution in [2.75, 3.05) is 11.4 Å². The van der Waals surface area contributed by atoms with Crippen LogP contribution in [0.15, 0.2) is 60.7 Å². The number of nitrogens with zero attached hydrogens (tertiary/aromatic N) is 3. The van der Waals surface area contributed by atoms with Crippen molar-refractivity contribution in [3.05, 3.63) is 82.4 Å². The van der Waals surface area contributed by atoms with E-state index < -0.39 is 0 Å². The molecule has 1 amide bonds. The molecule has 4 nitrogen and oxygen atoms in total. The maximum absolute atomic E-state index is 13.3. The number of hydrogen-bond acceptors (Lipinski definition) is 3. The van der Waals surface area contributed by atoms with Crippen molar-refractivity contribution < 1.29 is 4.79 Å². The van der Waals surface area contributed by atoms with Gasteiger partial charge in [0.15, 0.2) is 0 Å². The Bertz CT molecular complexity index is 1160. The molecule has 0 radical (unpaired) electrons. The molecule has 0 atom stereocenters. The number of hydrogen-bond donors (Lipinski definition) is 0. The van der Waals surface area contributed by atoms with Gasteiger partial charge >= 0.3 is 0 Å². The summed E-state index contributed by atoms with van der Waals surface area (Å²) in [7, 11) is 0. The number of anilines is 1. The van der Waals surface area contributed by atoms with Crippen LogP contribution in [0.1, 0.15) is 32.9 Å². The summed E-state index contributed by atoms with van der Waals surface area (Å²) >= 11 is 1.55. The summed E-state index contributed by atoms with van der Waals surface area (Å²) in [5.41, 5.74) is 4.49. The first-order valence-corrected chi connectivity index (χ1v) is 10.4. The van der Waals surface area contributed by atoms with E-state index in [-0.39, 0.29) is 5.91 Å². The van der Waals surface area contributed by atoms with Crippen LogP contribution in [0, 0.1) is 6.92 Å². The van der Waals surface area contributed by atoms with Gasteiger partial charge in [-0.3, -0.25) is 9.48 Å². The molecule has 28 heavy (non-hydrogen) atoms. The van der Waals surface area contributed by atoms with Crippen LogP contribution in [-0.2, 0) is 13.0 Å². The fourth-order valence-electron chi connectivity index (χ4n) is 3.96. The summed E-state index contributed by atoms with van der Waals surface area (Å²) in [6.07, 6.45) is 2.05. The van der Waals surface area contributed by atoms with Gasteiger partial charge in [-0.05, 0) is 43.0 Å². The van der Waals surface area contributed by atoms with Crippen LogP contribution in [0.5, 0.6) is 0 Å². The lowest BCUT2D eigenvalue weighted by molar-refractivity contribution is 0.0989. The van der Waals surface area contributed by atoms with E-state index in [0.717, 1.165) is 45.9 Å². The van der Waals surface area contributed by atoms with E-state index in [9.17, 15) is 4.79 Å². The summed E-state index contributed by atoms with van der Waals surface area (Å²) in [5, 5.41) is 5.77. The number of carbonyl (C=O) groups excluding carboxylic acids is 1. The second-order valence-corrected chi connectivity index (χ2v) is 8.28. The van der Waals surface area contributed by atoms with Crippen molar-refractivity contribution in [3.63, 3.8) is 0 Å². The largest absolute Gasteiger partial charge is 0.307 e. The fourth-order valence-corrected chi connectivity index (χ4v) is 5.07. The highest BCUT2D eigenvalue weighted by molar-refractivity contribution is 7.20. The van der Waals surface area contributed by atoms with Gasteiger partial charge < -0.3 is 4.90 Å². The smallest absolute Gasteiger partial charge is 0.268 e. The molecule has 0 bridgehead atoms. The molecule has 140 valence electrons. The molecule has 1 aliphatic heterocycles. The van der Waals surface area contributed by atoms with Crippen molar-refractivity contribution in [2.45, 2.75) is 26.3 Å². The van der Waals surface area contributed by atoms with Crippen LogP contribution < -0.4 is 4.90 Å². The van der Waals surface area contributed by atoms with Crippen LogP contribution in [0.4, 0.5) is 5.69 Å². The Hall–Kier alpha value is -2.92. The predicted molar refractivity (Wildman–Crippen MR) is 114 cm³/mol. The van der Waals surface area contributed by atoms with Crippen molar-refractivity contribution in [2.24, 2.45) is 0 Å². The molecule has 0 spiro atoms. The second-order valence-electron chi connectivity index (χ2n) is 7.25. The third-order valence-corrected chi connectivity index (χ3v) is 6.49. The summed E-state index contributed by atoms with van der Waals surface area (Å²) in [6, 6.07) is 20.6. The normalized spacial score (nSPS) is 13.7. The number of para-hydroxylation sites is 1. The van der Waals surface area contributed by atoms with Crippen LogP contribution >= 0.6 is 11.3 Å². The Morgan fingerprint density at radius 3 is 2.75 bits per heavy atom. The first-order chi connectivity index (χ1) is 13.7. The number of amides is 1. The lowest BCUT2D eigenvalue weighted by Crippen LogP contribution is -2.34. The summed E-state index contributed by atoms with van der Waals surface area (Å²) < 4.78 is 2.02. The Morgan fingerprint density at radius 2 is 1.89 bits per heavy atom. The molecule has 2 aromatic heterocycles. The lowest BCUT2D eigenvalue weighted by Gasteiger charge is -2.29. The van der Waals surface area contributed by atoms with Crippen molar-refractivity contribution in [1.82, 2.24) is 9.78 Å². The van der Waals surface area contributed by atoms with Gasteiger partial charge in [-0.1, -0.05) is 48.5 Å². The minimum atomic E-state index is 0.0963. The zero-order chi connectivity index (χ0) is 19.1. The molecule has 0 saturated carbocycles. The fraction of sp³-hybridized carbons (Fsp3) is 0.217. The summed E-state index contributed by atoms with van der Waals surface area (Å²) in [5.74, 6) is 0.0963. The van der Waals surface area contributed by atoms with Gasteiger partial charge in [-0.15, -0.1) is 11.3 Å². The van der Waals surface area contributed by atoms with Gasteiger partial charge in [0.25, 0.3) is 5.91 Å². The maximum Gasteiger partial charge on any atom is 0.268 e. The molecule has 0 unspecified atom stereocenters. The predicted octanol–water partition coefficient (Wildman–Crippen LogP) is 5.05. The first-order valence-electron chi connectivity index (χ1n) is 9.61. The topological polar surface area (TPSA) is 38.1 Å². The molecular formula is C23H21N3OS. The Morgan fingerprint density at radius 1 is 1.11 bits per heavy atom. The lowest BCUT2D eigenvalue weighted by atomic mass is 10.0. The van der Waals surface area contributed by atoms with Crippen LogP contribution in [0.3, 0.4) is 0 Å². The third-order valence-electron chi connectivity index (χ3n) is 5.35.